The third-order valence-corrected chi connectivity index (χ3v) is 5.50. The summed E-state index contributed by atoms with van der Waals surface area (Å²) in [5, 5.41) is 0. The molecule has 1 heterocycles. The van der Waals surface area contributed by atoms with Gasteiger partial charge in [0.25, 0.3) is 0 Å². The van der Waals surface area contributed by atoms with Crippen LogP contribution in [0.15, 0.2) is 48.5 Å². The number of rotatable bonds is 5. The van der Waals surface area contributed by atoms with Crippen LogP contribution < -0.4 is 10.4 Å². The van der Waals surface area contributed by atoms with Crippen LogP contribution in [0.3, 0.4) is 0 Å². The van der Waals surface area contributed by atoms with Gasteiger partial charge in [0.15, 0.2) is 0 Å². The van der Waals surface area contributed by atoms with E-state index in [2.05, 4.69) is 6.07 Å². The lowest BCUT2D eigenvalue weighted by Gasteiger charge is -2.32. The lowest BCUT2D eigenvalue weighted by molar-refractivity contribution is 0.00578. The Kier molecular flexibility index (Phi) is 5.13. The highest BCUT2D eigenvalue weighted by atomic mass is 19.1. The van der Waals surface area contributed by atoms with Crippen molar-refractivity contribution in [1.82, 2.24) is 0 Å². The number of para-hydroxylation sites is 1. The largest absolute Gasteiger partial charge is 0.495 e. The summed E-state index contributed by atoms with van der Waals surface area (Å²) in [4.78, 5) is 2.03. The molecular formula is C21H27BFNO2. The highest BCUT2D eigenvalue weighted by molar-refractivity contribution is 6.62. The predicted molar refractivity (Wildman–Crippen MR) is 105 cm³/mol. The second-order valence-corrected chi connectivity index (χ2v) is 7.75. The molecule has 1 aliphatic heterocycles. The molecule has 138 valence electrons. The van der Waals surface area contributed by atoms with Crippen LogP contribution in [0.4, 0.5) is 10.1 Å². The van der Waals surface area contributed by atoms with Gasteiger partial charge in [-0.15, -0.1) is 0 Å². The minimum atomic E-state index is -0.421. The van der Waals surface area contributed by atoms with Crippen molar-refractivity contribution in [3.63, 3.8) is 0 Å². The molecule has 0 saturated carbocycles. The fraction of sp³-hybridized carbons (Fsp3) is 0.429. The Morgan fingerprint density at radius 2 is 1.50 bits per heavy atom. The maximum Gasteiger partial charge on any atom is 0.495 e. The minimum Gasteiger partial charge on any atom is -0.399 e. The van der Waals surface area contributed by atoms with Gasteiger partial charge in [-0.2, -0.15) is 0 Å². The van der Waals surface area contributed by atoms with Gasteiger partial charge in [-0.1, -0.05) is 36.4 Å². The zero-order valence-corrected chi connectivity index (χ0v) is 16.3. The van der Waals surface area contributed by atoms with Gasteiger partial charge >= 0.3 is 7.12 Å². The Balaban J connectivity index is 1.90. The quantitative estimate of drug-likeness (QED) is 0.752. The second kappa shape index (κ2) is 7.05. The van der Waals surface area contributed by atoms with Gasteiger partial charge in [0, 0.05) is 13.1 Å². The van der Waals surface area contributed by atoms with Gasteiger partial charge < -0.3 is 14.2 Å². The molecule has 0 radical (unpaired) electrons. The van der Waals surface area contributed by atoms with Crippen LogP contribution in [-0.2, 0) is 15.9 Å². The maximum absolute atomic E-state index is 14.2. The third-order valence-electron chi connectivity index (χ3n) is 5.50. The van der Waals surface area contributed by atoms with Crippen LogP contribution >= 0.6 is 0 Å². The van der Waals surface area contributed by atoms with E-state index in [1.165, 1.54) is 6.07 Å². The van der Waals surface area contributed by atoms with Gasteiger partial charge in [-0.05, 0) is 57.8 Å². The number of nitrogens with zero attached hydrogens (tertiary/aromatic N) is 1. The lowest BCUT2D eigenvalue weighted by atomic mass is 9.76. The first kappa shape index (κ1) is 18.9. The molecule has 1 saturated heterocycles. The lowest BCUT2D eigenvalue weighted by Crippen LogP contribution is -2.41. The van der Waals surface area contributed by atoms with Crippen molar-refractivity contribution in [1.29, 1.82) is 0 Å². The molecule has 3 rings (SSSR count). The zero-order valence-electron chi connectivity index (χ0n) is 16.3. The van der Waals surface area contributed by atoms with E-state index in [-0.39, 0.29) is 17.0 Å². The van der Waals surface area contributed by atoms with E-state index in [1.807, 2.05) is 69.9 Å². The number of hydrogen-bond acceptors (Lipinski definition) is 3. The smallest absolute Gasteiger partial charge is 0.399 e. The summed E-state index contributed by atoms with van der Waals surface area (Å²) in [5.41, 5.74) is 1.91. The van der Waals surface area contributed by atoms with Gasteiger partial charge in [-0.3, -0.25) is 0 Å². The molecule has 1 aliphatic rings. The Bertz CT molecular complexity index is 762. The van der Waals surface area contributed by atoms with Gasteiger partial charge in [0.2, 0.25) is 0 Å². The molecule has 2 aromatic rings. The molecule has 5 heteroatoms. The summed E-state index contributed by atoms with van der Waals surface area (Å²) in [5.74, 6) is -0.206. The van der Waals surface area contributed by atoms with E-state index >= 15 is 0 Å². The highest BCUT2D eigenvalue weighted by Gasteiger charge is 2.52. The fourth-order valence-corrected chi connectivity index (χ4v) is 3.16. The average molecular weight is 355 g/mol. The number of hydrogen-bond donors (Lipinski definition) is 0. The topological polar surface area (TPSA) is 21.7 Å². The van der Waals surface area contributed by atoms with E-state index in [4.69, 9.17) is 9.31 Å². The Morgan fingerprint density at radius 3 is 2.12 bits per heavy atom. The molecule has 0 atom stereocenters. The molecule has 1 fully saturated rings. The summed E-state index contributed by atoms with van der Waals surface area (Å²) in [7, 11) is -0.421. The summed E-state index contributed by atoms with van der Waals surface area (Å²) in [6.07, 6.45) is 0. The van der Waals surface area contributed by atoms with Crippen LogP contribution in [0.5, 0.6) is 0 Å². The van der Waals surface area contributed by atoms with E-state index in [0.717, 1.165) is 11.0 Å². The molecule has 0 amide bonds. The van der Waals surface area contributed by atoms with Gasteiger partial charge in [-0.25, -0.2) is 4.39 Å². The Hall–Kier alpha value is -1.85. The molecule has 2 aromatic carbocycles. The summed E-state index contributed by atoms with van der Waals surface area (Å²) in [6.45, 7) is 11.5. The standard InChI is InChI=1S/C21H27BFNO2/c1-6-24(19-14-10-9-13-18(19)23)15-16-11-7-8-12-17(16)22-25-20(2,3)21(4,5)26-22/h7-14H,6,15H2,1-5H3. The van der Waals surface area contributed by atoms with Crippen LogP contribution in [0, 0.1) is 5.82 Å². The van der Waals surface area contributed by atoms with E-state index in [9.17, 15) is 4.39 Å². The van der Waals surface area contributed by atoms with Crippen molar-refractivity contribution in [3.8, 4) is 0 Å². The Labute approximate surface area is 156 Å². The van der Waals surface area contributed by atoms with E-state index < -0.39 is 7.12 Å². The van der Waals surface area contributed by atoms with Crippen molar-refractivity contribution in [3.05, 3.63) is 59.9 Å². The van der Waals surface area contributed by atoms with Crippen LogP contribution in [0.25, 0.3) is 0 Å². The Morgan fingerprint density at radius 1 is 0.923 bits per heavy atom. The van der Waals surface area contributed by atoms with Crippen LogP contribution in [0.1, 0.15) is 40.2 Å². The minimum absolute atomic E-state index is 0.206. The average Bonchev–Trinajstić information content (AvgIpc) is 2.81. The number of benzene rings is 2. The third kappa shape index (κ3) is 3.51. The normalized spacial score (nSPS) is 18.2. The molecular weight excluding hydrogens is 328 g/mol. The summed E-state index contributed by atoms with van der Waals surface area (Å²) >= 11 is 0. The monoisotopic (exact) mass is 355 g/mol. The van der Waals surface area contributed by atoms with Crippen molar-refractivity contribution in [2.45, 2.75) is 52.4 Å². The molecule has 0 spiro atoms. The molecule has 0 aromatic heterocycles. The van der Waals surface area contributed by atoms with E-state index in [1.54, 1.807) is 6.07 Å². The van der Waals surface area contributed by atoms with Gasteiger partial charge in [0.05, 0.1) is 16.9 Å². The molecule has 0 N–H and O–H groups in total. The van der Waals surface area contributed by atoms with Crippen LogP contribution in [0.2, 0.25) is 0 Å². The van der Waals surface area contributed by atoms with Crippen molar-refractivity contribution < 1.29 is 13.7 Å². The molecule has 0 aliphatic carbocycles. The summed E-state index contributed by atoms with van der Waals surface area (Å²) < 4.78 is 26.7. The molecule has 0 bridgehead atoms. The first-order valence-electron chi connectivity index (χ1n) is 9.18. The second-order valence-electron chi connectivity index (χ2n) is 7.75. The van der Waals surface area contributed by atoms with Crippen molar-refractivity contribution in [2.75, 3.05) is 11.4 Å². The number of halogens is 1. The predicted octanol–water partition coefficient (Wildman–Crippen LogP) is 4.15. The molecule has 26 heavy (non-hydrogen) atoms. The molecule has 0 unspecified atom stereocenters. The van der Waals surface area contributed by atoms with E-state index in [0.29, 0.717) is 18.8 Å². The van der Waals surface area contributed by atoms with Crippen LogP contribution in [-0.4, -0.2) is 24.9 Å². The van der Waals surface area contributed by atoms with Gasteiger partial charge in [0.1, 0.15) is 5.82 Å². The van der Waals surface area contributed by atoms with Crippen molar-refractivity contribution in [2.24, 2.45) is 0 Å². The van der Waals surface area contributed by atoms with Crippen molar-refractivity contribution >= 4 is 18.3 Å². The first-order valence-corrected chi connectivity index (χ1v) is 9.18. The number of anilines is 1. The SMILES string of the molecule is CCN(Cc1ccccc1B1OC(C)(C)C(C)(C)O1)c1ccccc1F. The zero-order chi connectivity index (χ0) is 18.9. The molecule has 3 nitrogen and oxygen atoms in total. The summed E-state index contributed by atoms with van der Waals surface area (Å²) in [6, 6.07) is 15.0. The fourth-order valence-electron chi connectivity index (χ4n) is 3.16. The highest BCUT2D eigenvalue weighted by Crippen LogP contribution is 2.36. The maximum atomic E-state index is 14.2. The first-order chi connectivity index (χ1) is 12.2.